The first-order valence-electron chi connectivity index (χ1n) is 10.7. The fourth-order valence-electron chi connectivity index (χ4n) is 4.63. The Morgan fingerprint density at radius 3 is 2.48 bits per heavy atom. The summed E-state index contributed by atoms with van der Waals surface area (Å²) in [6.07, 6.45) is 8.92. The molecule has 1 aliphatic carbocycles. The van der Waals surface area contributed by atoms with Crippen LogP contribution < -0.4 is 0 Å². The molecule has 1 saturated carbocycles. The van der Waals surface area contributed by atoms with Gasteiger partial charge in [0.25, 0.3) is 5.91 Å². The maximum absolute atomic E-state index is 13.2. The number of nitrogens with zero attached hydrogens (tertiary/aromatic N) is 5. The molecule has 0 unspecified atom stereocenters. The van der Waals surface area contributed by atoms with Crippen LogP contribution in [0, 0.1) is 19.8 Å². The second-order valence-electron chi connectivity index (χ2n) is 9.36. The average molecular weight is 394 g/mol. The summed E-state index contributed by atoms with van der Waals surface area (Å²) in [4.78, 5) is 13.2. The van der Waals surface area contributed by atoms with Crippen LogP contribution in [0.2, 0.25) is 0 Å². The molecule has 1 aliphatic heterocycles. The number of carbonyl (C=O) groups is 1. The van der Waals surface area contributed by atoms with Crippen LogP contribution in [0.15, 0.2) is 29.5 Å². The molecule has 1 aromatic carbocycles. The molecule has 0 bridgehead atoms. The Bertz CT molecular complexity index is 916. The van der Waals surface area contributed by atoms with E-state index in [1.54, 1.807) is 11.2 Å². The summed E-state index contributed by atoms with van der Waals surface area (Å²) in [5.74, 6) is 0.468. The molecular weight excluding hydrogens is 362 g/mol. The molecule has 2 aliphatic rings. The zero-order valence-corrected chi connectivity index (χ0v) is 18.0. The predicted octanol–water partition coefficient (Wildman–Crippen LogP) is 4.50. The third-order valence-corrected chi connectivity index (χ3v) is 6.07. The first-order valence-corrected chi connectivity index (χ1v) is 10.7. The monoisotopic (exact) mass is 393 g/mol. The van der Waals surface area contributed by atoms with Gasteiger partial charge in [0, 0.05) is 13.0 Å². The number of rotatable bonds is 4. The second-order valence-corrected chi connectivity index (χ2v) is 9.36. The van der Waals surface area contributed by atoms with E-state index in [9.17, 15) is 4.79 Å². The van der Waals surface area contributed by atoms with E-state index in [2.05, 4.69) is 56.2 Å². The highest BCUT2D eigenvalue weighted by Gasteiger charge is 2.40. The number of benzene rings is 1. The van der Waals surface area contributed by atoms with Gasteiger partial charge in [-0.05, 0) is 52.0 Å². The highest BCUT2D eigenvalue weighted by Crippen LogP contribution is 2.31. The Labute approximate surface area is 173 Å². The number of carbonyl (C=O) groups excluding carboxylic acids is 1. The summed E-state index contributed by atoms with van der Waals surface area (Å²) in [6, 6.07) is 6.42. The summed E-state index contributed by atoms with van der Waals surface area (Å²) in [5.41, 5.74) is 4.43. The molecule has 154 valence electrons. The van der Waals surface area contributed by atoms with Crippen LogP contribution in [0.25, 0.3) is 0 Å². The van der Waals surface area contributed by atoms with Crippen molar-refractivity contribution < 1.29 is 4.79 Å². The minimum atomic E-state index is -0.392. The van der Waals surface area contributed by atoms with Crippen molar-refractivity contribution in [2.45, 2.75) is 78.3 Å². The van der Waals surface area contributed by atoms with E-state index in [-0.39, 0.29) is 5.91 Å². The van der Waals surface area contributed by atoms with E-state index in [4.69, 9.17) is 5.10 Å². The van der Waals surface area contributed by atoms with Crippen LogP contribution in [0.1, 0.15) is 79.6 Å². The van der Waals surface area contributed by atoms with Gasteiger partial charge in [0.1, 0.15) is 0 Å². The second kappa shape index (κ2) is 7.73. The SMILES string of the molecule is Cc1cc(C)cc(C2=NN(C(=O)c3cn(CC4CCCCC4)nn3)C(C)(C)C2)c1. The molecule has 1 aromatic heterocycles. The lowest BCUT2D eigenvalue weighted by Gasteiger charge is -2.27. The van der Waals surface area contributed by atoms with Crippen molar-refractivity contribution in [2.75, 3.05) is 0 Å². The summed E-state index contributed by atoms with van der Waals surface area (Å²) >= 11 is 0. The lowest BCUT2D eigenvalue weighted by atomic mass is 9.89. The topological polar surface area (TPSA) is 63.4 Å². The van der Waals surface area contributed by atoms with Gasteiger partial charge in [-0.15, -0.1) is 5.10 Å². The number of hydrogen-bond acceptors (Lipinski definition) is 4. The quantitative estimate of drug-likeness (QED) is 0.768. The molecule has 0 atom stereocenters. The first-order chi connectivity index (χ1) is 13.8. The minimum absolute atomic E-state index is 0.177. The standard InChI is InChI=1S/C23H31N5O/c1-16-10-17(2)12-19(11-16)20-13-23(3,4)28(25-20)22(29)21-15-27(26-24-21)14-18-8-6-5-7-9-18/h10-12,15,18H,5-9,13-14H2,1-4H3. The van der Waals surface area contributed by atoms with Crippen molar-refractivity contribution in [3.05, 3.63) is 46.8 Å². The Morgan fingerprint density at radius 2 is 1.79 bits per heavy atom. The Kier molecular flexibility index (Phi) is 5.28. The van der Waals surface area contributed by atoms with Gasteiger partial charge in [0.05, 0.1) is 17.4 Å². The van der Waals surface area contributed by atoms with Crippen molar-refractivity contribution in [1.29, 1.82) is 0 Å². The molecule has 0 radical (unpaired) electrons. The van der Waals surface area contributed by atoms with Gasteiger partial charge in [-0.2, -0.15) is 5.10 Å². The molecule has 1 amide bonds. The van der Waals surface area contributed by atoms with E-state index in [1.165, 1.54) is 43.2 Å². The van der Waals surface area contributed by atoms with Crippen LogP contribution in [0.3, 0.4) is 0 Å². The van der Waals surface area contributed by atoms with Crippen molar-refractivity contribution >= 4 is 11.6 Å². The first kappa shape index (κ1) is 19.8. The van der Waals surface area contributed by atoms with E-state index in [1.807, 2.05) is 4.68 Å². The number of aryl methyl sites for hydroxylation is 2. The molecule has 6 nitrogen and oxygen atoms in total. The zero-order chi connectivity index (χ0) is 20.6. The summed E-state index contributed by atoms with van der Waals surface area (Å²) in [7, 11) is 0. The average Bonchev–Trinajstić information content (AvgIpc) is 3.25. The largest absolute Gasteiger partial charge is 0.296 e. The molecule has 6 heteroatoms. The molecule has 0 saturated heterocycles. The smallest absolute Gasteiger partial charge is 0.265 e. The van der Waals surface area contributed by atoms with E-state index < -0.39 is 5.54 Å². The van der Waals surface area contributed by atoms with Crippen molar-refractivity contribution in [2.24, 2.45) is 11.0 Å². The van der Waals surface area contributed by atoms with E-state index in [0.29, 0.717) is 11.6 Å². The fraction of sp³-hybridized carbons (Fsp3) is 0.565. The van der Waals surface area contributed by atoms with Crippen LogP contribution >= 0.6 is 0 Å². The van der Waals surface area contributed by atoms with E-state index >= 15 is 0 Å². The highest BCUT2D eigenvalue weighted by molar-refractivity contribution is 6.05. The summed E-state index contributed by atoms with van der Waals surface area (Å²) in [5, 5.41) is 14.7. The molecule has 0 N–H and O–H groups in total. The predicted molar refractivity (Wildman–Crippen MR) is 114 cm³/mol. The van der Waals surface area contributed by atoms with Crippen molar-refractivity contribution in [3.8, 4) is 0 Å². The van der Waals surface area contributed by atoms with Gasteiger partial charge >= 0.3 is 0 Å². The van der Waals surface area contributed by atoms with Gasteiger partial charge in [-0.25, -0.2) is 5.01 Å². The minimum Gasteiger partial charge on any atom is -0.265 e. The zero-order valence-electron chi connectivity index (χ0n) is 18.0. The third-order valence-electron chi connectivity index (χ3n) is 6.07. The molecule has 2 heterocycles. The normalized spacial score (nSPS) is 19.4. The van der Waals surface area contributed by atoms with Gasteiger partial charge in [0.15, 0.2) is 5.69 Å². The lowest BCUT2D eigenvalue weighted by molar-refractivity contribution is 0.0606. The van der Waals surface area contributed by atoms with Gasteiger partial charge < -0.3 is 0 Å². The van der Waals surface area contributed by atoms with Crippen LogP contribution in [-0.4, -0.2) is 37.2 Å². The number of hydrazone groups is 1. The van der Waals surface area contributed by atoms with Crippen LogP contribution in [-0.2, 0) is 6.54 Å². The van der Waals surface area contributed by atoms with Gasteiger partial charge in [-0.3, -0.25) is 9.48 Å². The fourth-order valence-corrected chi connectivity index (χ4v) is 4.63. The van der Waals surface area contributed by atoms with Gasteiger partial charge in [-0.1, -0.05) is 53.8 Å². The Morgan fingerprint density at radius 1 is 1.10 bits per heavy atom. The van der Waals surface area contributed by atoms with Gasteiger partial charge in [0.2, 0.25) is 0 Å². The lowest BCUT2D eigenvalue weighted by Crippen LogP contribution is -2.41. The summed E-state index contributed by atoms with van der Waals surface area (Å²) in [6.45, 7) is 9.13. The number of hydrogen-bond donors (Lipinski definition) is 0. The number of aromatic nitrogens is 3. The van der Waals surface area contributed by atoms with Crippen molar-refractivity contribution in [3.63, 3.8) is 0 Å². The molecule has 0 spiro atoms. The maximum Gasteiger partial charge on any atom is 0.296 e. The molecule has 1 fully saturated rings. The van der Waals surface area contributed by atoms with E-state index in [0.717, 1.165) is 24.2 Å². The van der Waals surface area contributed by atoms with Crippen LogP contribution in [0.4, 0.5) is 0 Å². The third kappa shape index (κ3) is 4.26. The highest BCUT2D eigenvalue weighted by atomic mass is 16.2. The Hall–Kier alpha value is -2.50. The van der Waals surface area contributed by atoms with Crippen molar-refractivity contribution in [1.82, 2.24) is 20.0 Å². The van der Waals surface area contributed by atoms with Crippen LogP contribution in [0.5, 0.6) is 0 Å². The molecule has 2 aromatic rings. The number of amides is 1. The molecular formula is C23H31N5O. The molecule has 4 rings (SSSR count). The summed E-state index contributed by atoms with van der Waals surface area (Å²) < 4.78 is 1.83. The molecule has 29 heavy (non-hydrogen) atoms. The Balaban J connectivity index is 1.53. The maximum atomic E-state index is 13.2.